The number of aromatic nitrogens is 1. The largest absolute Gasteiger partial charge is 0.459 e. The number of rotatable bonds is 9. The molecule has 0 spiro atoms. The molecule has 2 aliphatic heterocycles. The maximum Gasteiger partial charge on any atom is 0.344 e. The monoisotopic (exact) mass is 478 g/mol. The van der Waals surface area contributed by atoms with Crippen molar-refractivity contribution in [3.05, 3.63) is 46.2 Å². The number of methoxy groups -OCH3 is 1. The third-order valence-corrected chi connectivity index (χ3v) is 6.72. The summed E-state index contributed by atoms with van der Waals surface area (Å²) in [6, 6.07) is 10.1. The Kier molecular flexibility index (Phi) is 8.93. The number of halogens is 1. The molecule has 0 aliphatic carbocycles. The minimum atomic E-state index is -0.504. The number of piperidine rings is 1. The molecule has 7 nitrogen and oxygen atoms in total. The van der Waals surface area contributed by atoms with Gasteiger partial charge in [-0.15, -0.1) is 12.4 Å². The molecule has 0 amide bonds. The molecule has 3 heterocycles. The molecule has 2 aromatic rings. The molecule has 0 radical (unpaired) electrons. The van der Waals surface area contributed by atoms with Crippen molar-refractivity contribution in [2.45, 2.75) is 63.8 Å². The molecule has 182 valence electrons. The van der Waals surface area contributed by atoms with Crippen molar-refractivity contribution < 1.29 is 19.0 Å². The molecule has 33 heavy (non-hydrogen) atoms. The lowest BCUT2D eigenvalue weighted by Crippen LogP contribution is -2.47. The second-order valence-electron chi connectivity index (χ2n) is 9.11. The number of pyridine rings is 1. The number of benzene rings is 1. The Morgan fingerprint density at radius 2 is 1.79 bits per heavy atom. The van der Waals surface area contributed by atoms with Gasteiger partial charge in [-0.2, -0.15) is 0 Å². The summed E-state index contributed by atoms with van der Waals surface area (Å²) in [7, 11) is 1.67. The van der Waals surface area contributed by atoms with Crippen molar-refractivity contribution in [2.24, 2.45) is 0 Å². The number of carbonyl (C=O) groups excluding carboxylic acids is 1. The van der Waals surface area contributed by atoms with Crippen molar-refractivity contribution in [3.63, 3.8) is 0 Å². The van der Waals surface area contributed by atoms with Crippen LogP contribution in [0.2, 0.25) is 0 Å². The highest BCUT2D eigenvalue weighted by Crippen LogP contribution is 2.36. The van der Waals surface area contributed by atoms with E-state index in [1.807, 2.05) is 38.1 Å². The van der Waals surface area contributed by atoms with Crippen LogP contribution in [0.3, 0.4) is 0 Å². The molecule has 0 N–H and O–H groups in total. The summed E-state index contributed by atoms with van der Waals surface area (Å²) < 4.78 is 18.2. The van der Waals surface area contributed by atoms with Crippen LogP contribution in [0.15, 0.2) is 35.1 Å². The molecular formula is C25H35ClN2O5. The first-order valence-corrected chi connectivity index (χ1v) is 11.7. The fourth-order valence-electron chi connectivity index (χ4n) is 5.26. The van der Waals surface area contributed by atoms with Gasteiger partial charge in [-0.1, -0.05) is 18.2 Å². The average Bonchev–Trinajstić information content (AvgIpc) is 3.00. The van der Waals surface area contributed by atoms with Gasteiger partial charge in [-0.3, -0.25) is 9.69 Å². The minimum Gasteiger partial charge on any atom is -0.459 e. The number of hydrogen-bond acceptors (Lipinski definition) is 6. The Balaban J connectivity index is 0.00000306. The van der Waals surface area contributed by atoms with Gasteiger partial charge < -0.3 is 18.8 Å². The number of para-hydroxylation sites is 1. The molecule has 1 unspecified atom stereocenters. The van der Waals surface area contributed by atoms with Gasteiger partial charge in [0.15, 0.2) is 0 Å². The van der Waals surface area contributed by atoms with Crippen LogP contribution < -0.4 is 5.56 Å². The Morgan fingerprint density at radius 3 is 2.45 bits per heavy atom. The maximum atomic E-state index is 13.1. The smallest absolute Gasteiger partial charge is 0.344 e. The Bertz CT molecular complexity index is 994. The summed E-state index contributed by atoms with van der Waals surface area (Å²) in [6.07, 6.45) is 3.71. The lowest BCUT2D eigenvalue weighted by atomic mass is 9.99. The number of carbonyl (C=O) groups is 1. The molecular weight excluding hydrogens is 444 g/mol. The van der Waals surface area contributed by atoms with Gasteiger partial charge in [0.05, 0.1) is 25.3 Å². The number of ether oxygens (including phenoxy) is 3. The van der Waals surface area contributed by atoms with Crippen molar-refractivity contribution >= 4 is 29.3 Å². The summed E-state index contributed by atoms with van der Waals surface area (Å²) in [4.78, 5) is 28.7. The van der Waals surface area contributed by atoms with E-state index in [2.05, 4.69) is 4.90 Å². The Morgan fingerprint density at radius 1 is 1.09 bits per heavy atom. The van der Waals surface area contributed by atoms with E-state index in [4.69, 9.17) is 14.2 Å². The number of fused-ring (bicyclic) bond motifs is 3. The van der Waals surface area contributed by atoms with Crippen molar-refractivity contribution in [2.75, 3.05) is 33.5 Å². The van der Waals surface area contributed by atoms with Crippen molar-refractivity contribution in [3.8, 4) is 0 Å². The van der Waals surface area contributed by atoms with Gasteiger partial charge in [0.25, 0.3) is 5.56 Å². The predicted octanol–water partition coefficient (Wildman–Crippen LogP) is 3.82. The summed E-state index contributed by atoms with van der Waals surface area (Å²) in [6.45, 7) is 6.71. The summed E-state index contributed by atoms with van der Waals surface area (Å²) in [5.74, 6) is -0.504. The van der Waals surface area contributed by atoms with Crippen LogP contribution in [0.5, 0.6) is 0 Å². The quantitative estimate of drug-likeness (QED) is 0.403. The van der Waals surface area contributed by atoms with E-state index in [-0.39, 0.29) is 35.7 Å². The molecule has 2 saturated heterocycles. The first-order chi connectivity index (χ1) is 15.5. The fraction of sp³-hybridized carbons (Fsp3) is 0.600. The molecule has 3 atom stereocenters. The second kappa shape index (κ2) is 11.5. The van der Waals surface area contributed by atoms with E-state index in [0.29, 0.717) is 31.9 Å². The predicted molar refractivity (Wildman–Crippen MR) is 130 cm³/mol. The highest BCUT2D eigenvalue weighted by Gasteiger charge is 2.42. The molecule has 2 aliphatic rings. The van der Waals surface area contributed by atoms with Gasteiger partial charge >= 0.3 is 5.97 Å². The zero-order valence-corrected chi connectivity index (χ0v) is 20.5. The lowest BCUT2D eigenvalue weighted by Gasteiger charge is -2.38. The molecule has 8 heteroatoms. The van der Waals surface area contributed by atoms with E-state index in [0.717, 1.165) is 43.1 Å². The lowest BCUT2D eigenvalue weighted by molar-refractivity contribution is -0.0156. The number of hydrogen-bond donors (Lipinski definition) is 0. The Hall–Kier alpha value is -1.93. The van der Waals surface area contributed by atoms with Crippen LogP contribution in [0.1, 0.15) is 55.9 Å². The summed E-state index contributed by atoms with van der Waals surface area (Å²) >= 11 is 0. The van der Waals surface area contributed by atoms with Gasteiger partial charge in [0.1, 0.15) is 11.7 Å². The topological polar surface area (TPSA) is 70.0 Å². The zero-order chi connectivity index (χ0) is 22.7. The van der Waals surface area contributed by atoms with Crippen molar-refractivity contribution in [1.82, 2.24) is 9.47 Å². The molecule has 4 rings (SSSR count). The zero-order valence-electron chi connectivity index (χ0n) is 19.7. The molecule has 0 saturated carbocycles. The maximum absolute atomic E-state index is 13.1. The van der Waals surface area contributed by atoms with Crippen LogP contribution in [-0.4, -0.2) is 67.1 Å². The van der Waals surface area contributed by atoms with Crippen LogP contribution in [0.25, 0.3) is 10.9 Å². The van der Waals surface area contributed by atoms with Crippen LogP contribution in [-0.2, 0) is 14.2 Å². The van der Waals surface area contributed by atoms with Crippen LogP contribution in [0, 0.1) is 0 Å². The standard InChI is InChI=1S/C25H34N2O5.ClH/c1-17(2)27-23-7-5-4-6-18(23)14-22(24(27)28)25(29)32-21-15-19-8-9-20(16-21)26(19)10-11-31-13-12-30-3;/h4-7,14,17,19-21H,8-13,15-16H2,1-3H3;1H/t19-,20+,21?;. The van der Waals surface area contributed by atoms with Gasteiger partial charge in [0, 0.05) is 44.6 Å². The minimum absolute atomic E-state index is 0. The first-order valence-electron chi connectivity index (χ1n) is 11.7. The van der Waals surface area contributed by atoms with Crippen molar-refractivity contribution in [1.29, 1.82) is 0 Å². The highest BCUT2D eigenvalue weighted by atomic mass is 35.5. The van der Waals surface area contributed by atoms with E-state index in [9.17, 15) is 9.59 Å². The van der Waals surface area contributed by atoms with Crippen LogP contribution >= 0.6 is 12.4 Å². The van der Waals surface area contributed by atoms with E-state index in [1.54, 1.807) is 17.7 Å². The van der Waals surface area contributed by atoms with E-state index < -0.39 is 5.97 Å². The fourth-order valence-corrected chi connectivity index (χ4v) is 5.26. The molecule has 2 bridgehead atoms. The summed E-state index contributed by atoms with van der Waals surface area (Å²) in [5.41, 5.74) is 0.680. The van der Waals surface area contributed by atoms with E-state index >= 15 is 0 Å². The SMILES string of the molecule is COCCOCCN1[C@@H]2CC[C@H]1CC(OC(=O)c1cc3ccccc3n(C(C)C)c1=O)C2.Cl. The third kappa shape index (κ3) is 5.60. The van der Waals surface area contributed by atoms with Gasteiger partial charge in [-0.05, 0) is 44.2 Å². The second-order valence-corrected chi connectivity index (χ2v) is 9.11. The highest BCUT2D eigenvalue weighted by molar-refractivity contribution is 5.94. The first kappa shape index (κ1) is 25.7. The third-order valence-electron chi connectivity index (χ3n) is 6.72. The average molecular weight is 479 g/mol. The molecule has 1 aromatic heterocycles. The number of esters is 1. The number of nitrogens with zero attached hydrogens (tertiary/aromatic N) is 2. The Labute approximate surface area is 201 Å². The van der Waals surface area contributed by atoms with Gasteiger partial charge in [0.2, 0.25) is 0 Å². The van der Waals surface area contributed by atoms with Crippen LogP contribution in [0.4, 0.5) is 0 Å². The molecule has 1 aromatic carbocycles. The molecule has 2 fully saturated rings. The van der Waals surface area contributed by atoms with Gasteiger partial charge in [-0.25, -0.2) is 4.79 Å². The van der Waals surface area contributed by atoms with E-state index in [1.165, 1.54) is 0 Å². The normalized spacial score (nSPS) is 22.5. The summed E-state index contributed by atoms with van der Waals surface area (Å²) in [5, 5.41) is 0.871.